The SMILES string of the molecule is O=C(CCCS(=O)(=O)N1CCCC1)NCC1CCCN1. The van der Waals surface area contributed by atoms with Crippen molar-refractivity contribution < 1.29 is 13.2 Å². The van der Waals surface area contributed by atoms with Crippen molar-refractivity contribution in [2.45, 2.75) is 44.6 Å². The molecular weight excluding hydrogens is 278 g/mol. The predicted molar refractivity (Wildman–Crippen MR) is 77.9 cm³/mol. The molecule has 0 spiro atoms. The van der Waals surface area contributed by atoms with Gasteiger partial charge in [-0.3, -0.25) is 4.79 Å². The van der Waals surface area contributed by atoms with Crippen LogP contribution in [0.5, 0.6) is 0 Å². The third kappa shape index (κ3) is 4.71. The van der Waals surface area contributed by atoms with Crippen LogP contribution in [0.3, 0.4) is 0 Å². The topological polar surface area (TPSA) is 78.5 Å². The van der Waals surface area contributed by atoms with Gasteiger partial charge in [0.1, 0.15) is 0 Å². The minimum Gasteiger partial charge on any atom is -0.355 e. The number of hydrogen-bond acceptors (Lipinski definition) is 4. The van der Waals surface area contributed by atoms with Crippen LogP contribution in [0.4, 0.5) is 0 Å². The lowest BCUT2D eigenvalue weighted by molar-refractivity contribution is -0.121. The lowest BCUT2D eigenvalue weighted by Gasteiger charge is -2.15. The van der Waals surface area contributed by atoms with Crippen LogP contribution in [-0.2, 0) is 14.8 Å². The molecule has 1 amide bonds. The van der Waals surface area contributed by atoms with Crippen molar-refractivity contribution in [2.75, 3.05) is 31.9 Å². The maximum absolute atomic E-state index is 12.0. The number of carbonyl (C=O) groups excluding carboxylic acids is 1. The first-order valence-electron chi connectivity index (χ1n) is 7.56. The van der Waals surface area contributed by atoms with Gasteiger partial charge in [-0.2, -0.15) is 0 Å². The highest BCUT2D eigenvalue weighted by atomic mass is 32.2. The molecule has 0 bridgehead atoms. The Morgan fingerprint density at radius 2 is 2.00 bits per heavy atom. The zero-order valence-electron chi connectivity index (χ0n) is 11.9. The van der Waals surface area contributed by atoms with Crippen molar-refractivity contribution in [1.29, 1.82) is 0 Å². The average Bonchev–Trinajstić information content (AvgIpc) is 3.09. The number of carbonyl (C=O) groups is 1. The summed E-state index contributed by atoms with van der Waals surface area (Å²) in [7, 11) is -3.15. The van der Waals surface area contributed by atoms with Gasteiger partial charge < -0.3 is 10.6 Å². The number of rotatable bonds is 7. The molecule has 0 radical (unpaired) electrons. The highest BCUT2D eigenvalue weighted by Crippen LogP contribution is 2.14. The molecule has 0 aromatic carbocycles. The van der Waals surface area contributed by atoms with Crippen LogP contribution in [0.25, 0.3) is 0 Å². The average molecular weight is 303 g/mol. The second-order valence-electron chi connectivity index (χ2n) is 5.62. The van der Waals surface area contributed by atoms with E-state index in [0.717, 1.165) is 32.2 Å². The van der Waals surface area contributed by atoms with Gasteiger partial charge >= 0.3 is 0 Å². The largest absolute Gasteiger partial charge is 0.355 e. The first-order valence-corrected chi connectivity index (χ1v) is 9.17. The molecule has 2 fully saturated rings. The molecule has 1 atom stereocenters. The van der Waals surface area contributed by atoms with E-state index < -0.39 is 10.0 Å². The van der Waals surface area contributed by atoms with E-state index in [4.69, 9.17) is 0 Å². The molecular formula is C13H25N3O3S. The summed E-state index contributed by atoms with van der Waals surface area (Å²) in [5.41, 5.74) is 0. The highest BCUT2D eigenvalue weighted by molar-refractivity contribution is 7.89. The zero-order valence-corrected chi connectivity index (χ0v) is 12.8. The lowest BCUT2D eigenvalue weighted by atomic mass is 10.2. The van der Waals surface area contributed by atoms with Crippen LogP contribution in [0.1, 0.15) is 38.5 Å². The van der Waals surface area contributed by atoms with Crippen molar-refractivity contribution in [2.24, 2.45) is 0 Å². The molecule has 2 aliphatic rings. The Morgan fingerprint density at radius 3 is 2.65 bits per heavy atom. The van der Waals surface area contributed by atoms with Gasteiger partial charge in [0.05, 0.1) is 5.75 Å². The highest BCUT2D eigenvalue weighted by Gasteiger charge is 2.24. The van der Waals surface area contributed by atoms with Crippen LogP contribution in [0.15, 0.2) is 0 Å². The van der Waals surface area contributed by atoms with Crippen LogP contribution < -0.4 is 10.6 Å². The fourth-order valence-electron chi connectivity index (χ4n) is 2.77. The van der Waals surface area contributed by atoms with E-state index in [0.29, 0.717) is 38.5 Å². The molecule has 2 saturated heterocycles. The maximum Gasteiger partial charge on any atom is 0.220 e. The minimum absolute atomic E-state index is 0.0460. The minimum atomic E-state index is -3.15. The van der Waals surface area contributed by atoms with Crippen LogP contribution in [-0.4, -0.2) is 56.6 Å². The second-order valence-corrected chi connectivity index (χ2v) is 7.71. The third-order valence-corrected chi connectivity index (χ3v) is 5.93. The Balaban J connectivity index is 1.60. The fraction of sp³-hybridized carbons (Fsp3) is 0.923. The normalized spacial score (nSPS) is 24.1. The Labute approximate surface area is 121 Å². The molecule has 0 saturated carbocycles. The van der Waals surface area contributed by atoms with Gasteiger partial charge in [0.15, 0.2) is 0 Å². The molecule has 0 aliphatic carbocycles. The van der Waals surface area contributed by atoms with Crippen LogP contribution in [0, 0.1) is 0 Å². The van der Waals surface area contributed by atoms with Gasteiger partial charge in [-0.05, 0) is 38.6 Å². The summed E-state index contributed by atoms with van der Waals surface area (Å²) in [6, 6.07) is 0.382. The van der Waals surface area contributed by atoms with Crippen molar-refractivity contribution in [1.82, 2.24) is 14.9 Å². The van der Waals surface area contributed by atoms with Gasteiger partial charge in [-0.1, -0.05) is 0 Å². The summed E-state index contributed by atoms with van der Waals surface area (Å²) in [6.45, 7) is 2.95. The fourth-order valence-corrected chi connectivity index (χ4v) is 4.35. The molecule has 0 aromatic heterocycles. The van der Waals surface area contributed by atoms with Gasteiger partial charge in [0.25, 0.3) is 0 Å². The van der Waals surface area contributed by atoms with Gasteiger partial charge in [-0.15, -0.1) is 0 Å². The molecule has 116 valence electrons. The van der Waals surface area contributed by atoms with Crippen molar-refractivity contribution >= 4 is 15.9 Å². The first-order chi connectivity index (χ1) is 9.58. The molecule has 20 heavy (non-hydrogen) atoms. The van der Waals surface area contributed by atoms with E-state index in [2.05, 4.69) is 10.6 Å². The van der Waals surface area contributed by atoms with E-state index in [1.807, 2.05) is 0 Å². The second kappa shape index (κ2) is 7.38. The molecule has 2 heterocycles. The Bertz CT molecular complexity index is 413. The summed E-state index contributed by atoms with van der Waals surface area (Å²) in [4.78, 5) is 11.7. The molecule has 2 aliphatic heterocycles. The summed E-state index contributed by atoms with van der Waals surface area (Å²) in [5, 5.41) is 6.18. The van der Waals surface area contributed by atoms with Gasteiger partial charge in [0.2, 0.25) is 15.9 Å². The predicted octanol–water partition coefficient (Wildman–Crippen LogP) is 0.0604. The monoisotopic (exact) mass is 303 g/mol. The van der Waals surface area contributed by atoms with E-state index >= 15 is 0 Å². The molecule has 1 unspecified atom stereocenters. The number of hydrogen-bond donors (Lipinski definition) is 2. The van der Waals surface area contributed by atoms with E-state index in [1.165, 1.54) is 0 Å². The van der Waals surface area contributed by atoms with Crippen molar-refractivity contribution in [3.63, 3.8) is 0 Å². The molecule has 0 aromatic rings. The molecule has 2 N–H and O–H groups in total. The van der Waals surface area contributed by atoms with E-state index in [1.54, 1.807) is 4.31 Å². The summed E-state index contributed by atoms with van der Waals surface area (Å²) >= 11 is 0. The maximum atomic E-state index is 12.0. The lowest BCUT2D eigenvalue weighted by Crippen LogP contribution is -2.37. The molecule has 6 nitrogen and oxygen atoms in total. The quantitative estimate of drug-likeness (QED) is 0.697. The molecule has 7 heteroatoms. The Kier molecular flexibility index (Phi) is 5.80. The summed E-state index contributed by atoms with van der Waals surface area (Å²) in [6.07, 6.45) is 4.86. The number of amides is 1. The molecule has 2 rings (SSSR count). The number of nitrogens with zero attached hydrogens (tertiary/aromatic N) is 1. The van der Waals surface area contributed by atoms with Crippen molar-refractivity contribution in [3.8, 4) is 0 Å². The standard InChI is InChI=1S/C13H25N3O3S/c17-13(15-11-12-5-3-7-14-12)6-4-10-20(18,19)16-8-1-2-9-16/h12,14H,1-11H2,(H,15,17). The number of sulfonamides is 1. The van der Waals surface area contributed by atoms with Gasteiger partial charge in [0, 0.05) is 32.1 Å². The first kappa shape index (κ1) is 15.7. The van der Waals surface area contributed by atoms with Crippen LogP contribution >= 0.6 is 0 Å². The Hall–Kier alpha value is -0.660. The summed E-state index contributed by atoms with van der Waals surface area (Å²) < 4.78 is 25.5. The number of nitrogens with one attached hydrogen (secondary N) is 2. The third-order valence-electron chi connectivity index (χ3n) is 3.97. The van der Waals surface area contributed by atoms with E-state index in [-0.39, 0.29) is 11.7 Å². The zero-order chi connectivity index (χ0) is 14.4. The smallest absolute Gasteiger partial charge is 0.220 e. The van der Waals surface area contributed by atoms with Gasteiger partial charge in [-0.25, -0.2) is 12.7 Å². The Morgan fingerprint density at radius 1 is 1.25 bits per heavy atom. The van der Waals surface area contributed by atoms with Crippen LogP contribution in [0.2, 0.25) is 0 Å². The van der Waals surface area contributed by atoms with Crippen molar-refractivity contribution in [3.05, 3.63) is 0 Å². The van der Waals surface area contributed by atoms with E-state index in [9.17, 15) is 13.2 Å². The summed E-state index contributed by atoms with van der Waals surface area (Å²) in [5.74, 6) is 0.0394.